The number of hydrogen-bond acceptors (Lipinski definition) is 6. The molecule has 0 saturated carbocycles. The first kappa shape index (κ1) is 24.6. The van der Waals surface area contributed by atoms with Crippen LogP contribution >= 0.6 is 0 Å². The number of fused-ring (bicyclic) bond motifs is 1. The molecule has 3 aromatic rings. The van der Waals surface area contributed by atoms with Crippen molar-refractivity contribution < 1.29 is 14.6 Å². The number of pyridine rings is 1. The predicted molar refractivity (Wildman–Crippen MR) is 135 cm³/mol. The summed E-state index contributed by atoms with van der Waals surface area (Å²) in [5.41, 5.74) is 2.94. The average molecular weight is 473 g/mol. The Balaban J connectivity index is 1.35. The highest BCUT2D eigenvalue weighted by atomic mass is 16.5. The summed E-state index contributed by atoms with van der Waals surface area (Å²) in [7, 11) is 1.68. The molecule has 3 heterocycles. The van der Waals surface area contributed by atoms with E-state index in [2.05, 4.69) is 43.8 Å². The minimum absolute atomic E-state index is 0.217. The number of likely N-dealkylation sites (tertiary alicyclic amines) is 1. The van der Waals surface area contributed by atoms with Gasteiger partial charge in [-0.15, -0.1) is 0 Å². The molecular weight excluding hydrogens is 440 g/mol. The molecule has 1 N–H and O–H groups in total. The second-order valence-corrected chi connectivity index (χ2v) is 9.11. The van der Waals surface area contributed by atoms with Crippen LogP contribution in [0, 0.1) is 23.7 Å². The Morgan fingerprint density at radius 1 is 1.17 bits per heavy atom. The lowest BCUT2D eigenvalue weighted by molar-refractivity contribution is -0.137. The van der Waals surface area contributed by atoms with E-state index in [1.165, 1.54) is 5.56 Å². The number of aromatic nitrogens is 3. The molecule has 7 heteroatoms. The van der Waals surface area contributed by atoms with Crippen LogP contribution < -0.4 is 4.74 Å². The number of rotatable bonds is 9. The zero-order valence-electron chi connectivity index (χ0n) is 20.2. The second-order valence-electron chi connectivity index (χ2n) is 9.11. The van der Waals surface area contributed by atoms with Gasteiger partial charge in [0.15, 0.2) is 0 Å². The fraction of sp³-hybridized carbons (Fsp3) is 0.429. The van der Waals surface area contributed by atoms with E-state index >= 15 is 0 Å². The van der Waals surface area contributed by atoms with E-state index in [1.54, 1.807) is 25.7 Å². The number of piperidine rings is 1. The highest BCUT2D eigenvalue weighted by Gasteiger charge is 2.28. The first-order chi connectivity index (χ1) is 17.1. The maximum Gasteiger partial charge on any atom is 0.303 e. The summed E-state index contributed by atoms with van der Waals surface area (Å²) in [5, 5.41) is 10.4. The number of aliphatic carboxylic acids is 1. The standard InChI is InChI=1S/C28H32N4O3/c1-35-25-8-9-27-26(18-25)22(11-13-31-27)5-2-4-21-12-17-32(20-23(21)7-10-28(33)34)16-3-6-24-19-29-14-15-30-24/h8-9,11,13-15,18-19,21,23H,2,4-5,7,10,12,16-17,20H2,1H3,(H,33,34). The molecule has 0 spiro atoms. The number of carboxylic acids is 1. The van der Waals surface area contributed by atoms with Crippen molar-refractivity contribution in [3.8, 4) is 17.6 Å². The normalized spacial score (nSPS) is 18.1. The van der Waals surface area contributed by atoms with Crippen LogP contribution in [0.25, 0.3) is 10.9 Å². The van der Waals surface area contributed by atoms with Crippen LogP contribution in [0.15, 0.2) is 49.1 Å². The summed E-state index contributed by atoms with van der Waals surface area (Å²) in [6, 6.07) is 8.11. The van der Waals surface area contributed by atoms with E-state index in [-0.39, 0.29) is 6.42 Å². The summed E-state index contributed by atoms with van der Waals surface area (Å²) in [6.45, 7) is 2.54. The number of hydrogen-bond donors (Lipinski definition) is 1. The summed E-state index contributed by atoms with van der Waals surface area (Å²) in [5.74, 6) is 7.29. The summed E-state index contributed by atoms with van der Waals surface area (Å²) in [4.78, 5) is 26.3. The Morgan fingerprint density at radius 3 is 2.89 bits per heavy atom. The van der Waals surface area contributed by atoms with Gasteiger partial charge in [0.1, 0.15) is 11.4 Å². The third-order valence-corrected chi connectivity index (χ3v) is 6.85. The van der Waals surface area contributed by atoms with Crippen LogP contribution in [-0.4, -0.2) is 57.7 Å². The molecular formula is C28H32N4O3. The van der Waals surface area contributed by atoms with Gasteiger partial charge < -0.3 is 9.84 Å². The lowest BCUT2D eigenvalue weighted by Crippen LogP contribution is -2.41. The van der Waals surface area contributed by atoms with Crippen LogP contribution in [0.3, 0.4) is 0 Å². The monoisotopic (exact) mass is 472 g/mol. The van der Waals surface area contributed by atoms with Gasteiger partial charge in [0.05, 0.1) is 25.4 Å². The van der Waals surface area contributed by atoms with Gasteiger partial charge in [-0.1, -0.05) is 5.92 Å². The van der Waals surface area contributed by atoms with Gasteiger partial charge in [0.25, 0.3) is 0 Å². The fourth-order valence-corrected chi connectivity index (χ4v) is 5.00. The van der Waals surface area contributed by atoms with E-state index in [9.17, 15) is 9.90 Å². The third kappa shape index (κ3) is 7.00. The molecule has 4 rings (SSSR count). The molecule has 0 aliphatic carbocycles. The molecule has 2 unspecified atom stereocenters. The molecule has 0 amide bonds. The predicted octanol–water partition coefficient (Wildman–Crippen LogP) is 4.21. The highest BCUT2D eigenvalue weighted by Crippen LogP contribution is 2.32. The van der Waals surface area contributed by atoms with Crippen LogP contribution in [0.2, 0.25) is 0 Å². The maximum absolute atomic E-state index is 11.3. The molecule has 7 nitrogen and oxygen atoms in total. The zero-order chi connectivity index (χ0) is 24.5. The van der Waals surface area contributed by atoms with Crippen molar-refractivity contribution in [2.24, 2.45) is 11.8 Å². The number of carbonyl (C=O) groups is 1. The van der Waals surface area contributed by atoms with Gasteiger partial charge in [0, 0.05) is 36.9 Å². The van der Waals surface area contributed by atoms with Gasteiger partial charge >= 0.3 is 5.97 Å². The molecule has 35 heavy (non-hydrogen) atoms. The first-order valence-corrected chi connectivity index (χ1v) is 12.2. The van der Waals surface area contributed by atoms with Crippen molar-refractivity contribution in [1.29, 1.82) is 0 Å². The molecule has 0 bridgehead atoms. The summed E-state index contributed by atoms with van der Waals surface area (Å²) in [6.07, 6.45) is 12.0. The quantitative estimate of drug-likeness (QED) is 0.467. The van der Waals surface area contributed by atoms with Crippen LogP contribution in [0.1, 0.15) is 43.4 Å². The smallest absolute Gasteiger partial charge is 0.303 e. The Hall–Kier alpha value is -3.50. The SMILES string of the molecule is COc1ccc2nccc(CCCC3CCN(CC#Cc4cnccn4)CC3CCC(=O)O)c2c1. The second kappa shape index (κ2) is 12.3. The van der Waals surface area contributed by atoms with Crippen molar-refractivity contribution in [2.45, 2.75) is 38.5 Å². The van der Waals surface area contributed by atoms with E-state index in [1.807, 2.05) is 18.3 Å². The van der Waals surface area contributed by atoms with Crippen molar-refractivity contribution >= 4 is 16.9 Å². The summed E-state index contributed by atoms with van der Waals surface area (Å²) >= 11 is 0. The van der Waals surface area contributed by atoms with Crippen LogP contribution in [0.4, 0.5) is 0 Å². The number of aryl methyl sites for hydroxylation is 1. The Kier molecular flexibility index (Phi) is 8.63. The van der Waals surface area contributed by atoms with Crippen molar-refractivity contribution in [1.82, 2.24) is 19.9 Å². The molecule has 1 aromatic carbocycles. The molecule has 2 aromatic heterocycles. The molecule has 2 atom stereocenters. The lowest BCUT2D eigenvalue weighted by atomic mass is 9.79. The molecule has 1 fully saturated rings. The van der Waals surface area contributed by atoms with E-state index in [4.69, 9.17) is 4.74 Å². The van der Waals surface area contributed by atoms with Crippen molar-refractivity contribution in [2.75, 3.05) is 26.7 Å². The number of nitrogens with zero attached hydrogens (tertiary/aromatic N) is 4. The van der Waals surface area contributed by atoms with Gasteiger partial charge in [-0.25, -0.2) is 4.98 Å². The number of benzene rings is 1. The van der Waals surface area contributed by atoms with Gasteiger partial charge in [-0.05, 0) is 86.2 Å². The molecule has 1 saturated heterocycles. The first-order valence-electron chi connectivity index (χ1n) is 12.2. The fourth-order valence-electron chi connectivity index (χ4n) is 5.00. The average Bonchev–Trinajstić information content (AvgIpc) is 2.88. The number of ether oxygens (including phenoxy) is 1. The minimum Gasteiger partial charge on any atom is -0.497 e. The van der Waals surface area contributed by atoms with E-state index < -0.39 is 5.97 Å². The maximum atomic E-state index is 11.3. The number of carboxylic acid groups (broad SMARTS) is 1. The molecule has 0 radical (unpaired) electrons. The molecule has 1 aliphatic rings. The van der Waals surface area contributed by atoms with Gasteiger partial charge in [-0.3, -0.25) is 19.7 Å². The Morgan fingerprint density at radius 2 is 2.09 bits per heavy atom. The van der Waals surface area contributed by atoms with Crippen molar-refractivity contribution in [3.63, 3.8) is 0 Å². The highest BCUT2D eigenvalue weighted by molar-refractivity contribution is 5.83. The van der Waals surface area contributed by atoms with Crippen LogP contribution in [0.5, 0.6) is 5.75 Å². The lowest BCUT2D eigenvalue weighted by Gasteiger charge is -2.38. The Labute approximate surface area is 206 Å². The largest absolute Gasteiger partial charge is 0.497 e. The Bertz CT molecular complexity index is 1190. The third-order valence-electron chi connectivity index (χ3n) is 6.85. The van der Waals surface area contributed by atoms with E-state index in [0.717, 1.165) is 55.4 Å². The molecule has 182 valence electrons. The molecule has 1 aliphatic heterocycles. The number of methoxy groups -OCH3 is 1. The van der Waals surface area contributed by atoms with Crippen LogP contribution in [-0.2, 0) is 11.2 Å². The zero-order valence-corrected chi connectivity index (χ0v) is 20.2. The topological polar surface area (TPSA) is 88.4 Å². The summed E-state index contributed by atoms with van der Waals surface area (Å²) < 4.78 is 5.40. The van der Waals surface area contributed by atoms with Crippen molar-refractivity contribution in [3.05, 3.63) is 60.3 Å². The minimum atomic E-state index is -0.722. The van der Waals surface area contributed by atoms with E-state index in [0.29, 0.717) is 30.5 Å². The van der Waals surface area contributed by atoms with Gasteiger partial charge in [0.2, 0.25) is 0 Å². The van der Waals surface area contributed by atoms with Gasteiger partial charge in [-0.2, -0.15) is 0 Å².